The molecule has 2 aromatic carbocycles. The average molecular weight is 384 g/mol. The quantitative estimate of drug-likeness (QED) is 0.703. The summed E-state index contributed by atoms with van der Waals surface area (Å²) in [5.41, 5.74) is 1.48. The highest BCUT2D eigenvalue weighted by Gasteiger charge is 2.25. The third kappa shape index (κ3) is 3.90. The van der Waals surface area contributed by atoms with E-state index >= 15 is 0 Å². The van der Waals surface area contributed by atoms with Crippen LogP contribution < -0.4 is 5.32 Å². The Kier molecular flexibility index (Phi) is 5.09. The maximum atomic E-state index is 12.7. The van der Waals surface area contributed by atoms with E-state index in [1.54, 1.807) is 50.2 Å². The molecular formula is C19H20N4O3S. The molecule has 0 aliphatic rings. The van der Waals surface area contributed by atoms with Crippen molar-refractivity contribution in [3.63, 3.8) is 0 Å². The van der Waals surface area contributed by atoms with Gasteiger partial charge in [-0.3, -0.25) is 9.89 Å². The Balaban J connectivity index is 1.84. The molecule has 3 aromatic rings. The molecule has 1 heterocycles. The van der Waals surface area contributed by atoms with Crippen LogP contribution in [-0.4, -0.2) is 34.8 Å². The second-order valence-corrected chi connectivity index (χ2v) is 8.84. The predicted molar refractivity (Wildman–Crippen MR) is 103 cm³/mol. The summed E-state index contributed by atoms with van der Waals surface area (Å²) in [5, 5.41) is 8.99. The van der Waals surface area contributed by atoms with E-state index < -0.39 is 21.0 Å². The summed E-state index contributed by atoms with van der Waals surface area (Å²) in [4.78, 5) is 16.9. The normalized spacial score (nSPS) is 11.6. The Morgan fingerprint density at radius 1 is 1.07 bits per heavy atom. The van der Waals surface area contributed by atoms with Crippen LogP contribution in [0, 0.1) is 6.92 Å². The number of nitrogens with one attached hydrogen (secondary N) is 2. The monoisotopic (exact) mass is 384 g/mol. The third-order valence-electron chi connectivity index (χ3n) is 4.06. The van der Waals surface area contributed by atoms with E-state index in [0.29, 0.717) is 17.3 Å². The minimum atomic E-state index is -3.57. The molecule has 0 atom stereocenters. The molecule has 2 N–H and O–H groups in total. The molecule has 140 valence electrons. The first-order valence-electron chi connectivity index (χ1n) is 8.43. The van der Waals surface area contributed by atoms with E-state index in [4.69, 9.17) is 0 Å². The molecule has 0 aliphatic heterocycles. The fourth-order valence-electron chi connectivity index (χ4n) is 2.53. The SMILES string of the molecule is Cc1nc(-c2ccc(NC(=O)c3ccccc3S(=O)(=O)C(C)C)cc2)n[nH]1. The van der Waals surface area contributed by atoms with Crippen molar-refractivity contribution in [3.05, 3.63) is 59.9 Å². The van der Waals surface area contributed by atoms with Crippen molar-refractivity contribution in [2.24, 2.45) is 0 Å². The minimum absolute atomic E-state index is 0.0327. The van der Waals surface area contributed by atoms with Crippen LogP contribution in [0.2, 0.25) is 0 Å². The number of amides is 1. The number of sulfone groups is 1. The first-order valence-corrected chi connectivity index (χ1v) is 9.97. The van der Waals surface area contributed by atoms with Gasteiger partial charge >= 0.3 is 0 Å². The smallest absolute Gasteiger partial charge is 0.256 e. The number of carbonyl (C=O) groups is 1. The number of aromatic nitrogens is 3. The number of hydrogen-bond donors (Lipinski definition) is 2. The first kappa shape index (κ1) is 18.8. The van der Waals surface area contributed by atoms with Crippen molar-refractivity contribution in [1.29, 1.82) is 0 Å². The molecule has 0 saturated heterocycles. The molecule has 0 unspecified atom stereocenters. The number of benzene rings is 2. The lowest BCUT2D eigenvalue weighted by atomic mass is 10.1. The van der Waals surface area contributed by atoms with Gasteiger partial charge in [-0.05, 0) is 57.2 Å². The summed E-state index contributed by atoms with van der Waals surface area (Å²) in [5.74, 6) is 0.806. The molecule has 8 heteroatoms. The van der Waals surface area contributed by atoms with Gasteiger partial charge in [-0.2, -0.15) is 5.10 Å². The van der Waals surface area contributed by atoms with E-state index in [-0.39, 0.29) is 10.5 Å². The number of carbonyl (C=O) groups excluding carboxylic acids is 1. The highest BCUT2D eigenvalue weighted by molar-refractivity contribution is 7.92. The maximum absolute atomic E-state index is 12.7. The van der Waals surface area contributed by atoms with Crippen LogP contribution in [0.1, 0.15) is 30.0 Å². The summed E-state index contributed by atoms with van der Waals surface area (Å²) in [6, 6.07) is 13.2. The van der Waals surface area contributed by atoms with Crippen LogP contribution >= 0.6 is 0 Å². The van der Waals surface area contributed by atoms with Crippen molar-refractivity contribution in [1.82, 2.24) is 15.2 Å². The highest BCUT2D eigenvalue weighted by Crippen LogP contribution is 2.23. The van der Waals surface area contributed by atoms with Gasteiger partial charge in [0.25, 0.3) is 5.91 Å². The largest absolute Gasteiger partial charge is 0.322 e. The highest BCUT2D eigenvalue weighted by atomic mass is 32.2. The summed E-state index contributed by atoms with van der Waals surface area (Å²) in [6.45, 7) is 4.99. The Hall–Kier alpha value is -3.00. The molecule has 27 heavy (non-hydrogen) atoms. The first-order chi connectivity index (χ1) is 12.8. The van der Waals surface area contributed by atoms with Gasteiger partial charge < -0.3 is 5.32 Å². The van der Waals surface area contributed by atoms with Crippen LogP contribution in [0.25, 0.3) is 11.4 Å². The van der Waals surface area contributed by atoms with Crippen LogP contribution in [0.5, 0.6) is 0 Å². The molecule has 1 aromatic heterocycles. The predicted octanol–water partition coefficient (Wildman–Crippen LogP) is 3.21. The van der Waals surface area contributed by atoms with Gasteiger partial charge in [0.15, 0.2) is 15.7 Å². The number of nitrogens with zero attached hydrogens (tertiary/aromatic N) is 2. The fourth-order valence-corrected chi connectivity index (χ4v) is 3.77. The van der Waals surface area contributed by atoms with Crippen LogP contribution in [-0.2, 0) is 9.84 Å². The Labute approximate surface area is 157 Å². The molecule has 0 fully saturated rings. The zero-order valence-corrected chi connectivity index (χ0v) is 16.0. The minimum Gasteiger partial charge on any atom is -0.322 e. The fraction of sp³-hybridized carbons (Fsp3) is 0.211. The van der Waals surface area contributed by atoms with Crippen LogP contribution in [0.15, 0.2) is 53.4 Å². The van der Waals surface area contributed by atoms with Gasteiger partial charge in [-0.25, -0.2) is 13.4 Å². The lowest BCUT2D eigenvalue weighted by molar-refractivity contribution is 0.102. The van der Waals surface area contributed by atoms with E-state index in [1.165, 1.54) is 12.1 Å². The van der Waals surface area contributed by atoms with Crippen LogP contribution in [0.3, 0.4) is 0 Å². The average Bonchev–Trinajstić information content (AvgIpc) is 3.08. The molecule has 3 rings (SSSR count). The zero-order valence-electron chi connectivity index (χ0n) is 15.2. The Morgan fingerprint density at radius 3 is 2.33 bits per heavy atom. The Morgan fingerprint density at radius 2 is 1.74 bits per heavy atom. The Bertz CT molecular complexity index is 1070. The van der Waals surface area contributed by atoms with E-state index in [9.17, 15) is 13.2 Å². The number of rotatable bonds is 5. The zero-order chi connectivity index (χ0) is 19.6. The summed E-state index contributed by atoms with van der Waals surface area (Å²) < 4.78 is 25.0. The van der Waals surface area contributed by atoms with E-state index in [0.717, 1.165) is 5.56 Å². The maximum Gasteiger partial charge on any atom is 0.256 e. The summed E-state index contributed by atoms with van der Waals surface area (Å²) in [6.07, 6.45) is 0. The lowest BCUT2D eigenvalue weighted by Crippen LogP contribution is -2.20. The van der Waals surface area contributed by atoms with Crippen molar-refractivity contribution >= 4 is 21.4 Å². The molecule has 0 bridgehead atoms. The second kappa shape index (κ2) is 7.32. The van der Waals surface area contributed by atoms with Gasteiger partial charge in [0.1, 0.15) is 5.82 Å². The van der Waals surface area contributed by atoms with Crippen molar-refractivity contribution < 1.29 is 13.2 Å². The van der Waals surface area contributed by atoms with Gasteiger partial charge in [0.05, 0.1) is 15.7 Å². The molecule has 0 spiro atoms. The summed E-state index contributed by atoms with van der Waals surface area (Å²) in [7, 11) is -3.57. The number of aryl methyl sites for hydroxylation is 1. The van der Waals surface area contributed by atoms with E-state index in [2.05, 4.69) is 20.5 Å². The van der Waals surface area contributed by atoms with Gasteiger partial charge in [0.2, 0.25) is 0 Å². The van der Waals surface area contributed by atoms with Gasteiger partial charge in [-0.1, -0.05) is 12.1 Å². The number of anilines is 1. The molecule has 0 saturated carbocycles. The molecular weight excluding hydrogens is 364 g/mol. The molecule has 1 amide bonds. The number of aromatic amines is 1. The van der Waals surface area contributed by atoms with E-state index in [1.807, 2.05) is 6.92 Å². The molecule has 0 radical (unpaired) electrons. The van der Waals surface area contributed by atoms with Crippen molar-refractivity contribution in [3.8, 4) is 11.4 Å². The van der Waals surface area contributed by atoms with Gasteiger partial charge in [0, 0.05) is 11.3 Å². The summed E-state index contributed by atoms with van der Waals surface area (Å²) >= 11 is 0. The lowest BCUT2D eigenvalue weighted by Gasteiger charge is -2.13. The van der Waals surface area contributed by atoms with Crippen molar-refractivity contribution in [2.75, 3.05) is 5.32 Å². The van der Waals surface area contributed by atoms with Crippen LogP contribution in [0.4, 0.5) is 5.69 Å². The number of hydrogen-bond acceptors (Lipinski definition) is 5. The molecule has 7 nitrogen and oxygen atoms in total. The topological polar surface area (TPSA) is 105 Å². The molecule has 0 aliphatic carbocycles. The van der Waals surface area contributed by atoms with Gasteiger partial charge in [-0.15, -0.1) is 0 Å². The standard InChI is InChI=1S/C19H20N4O3S/c1-12(2)27(25,26)17-7-5-4-6-16(17)19(24)21-15-10-8-14(9-11-15)18-20-13(3)22-23-18/h4-12H,1-3H3,(H,21,24)(H,20,22,23). The second-order valence-electron chi connectivity index (χ2n) is 6.37. The third-order valence-corrected chi connectivity index (χ3v) is 6.27. The van der Waals surface area contributed by atoms with Crippen molar-refractivity contribution in [2.45, 2.75) is 30.9 Å². The number of H-pyrrole nitrogens is 1.